The molecule has 132 valence electrons. The second-order valence-electron chi connectivity index (χ2n) is 5.01. The summed E-state index contributed by atoms with van der Waals surface area (Å²) in [6, 6.07) is 11.0. The standard InChI is InChI=1S/C16H15Cl2N3O3S/c17-13-6-14(18)8-15(7-13)24-10-12-2-1-11(9-20)5-16(12)25(22,23)21-4-3-19/h1-2,5-8,21H,3-4,10,19H2. The molecule has 3 N–H and O–H groups in total. The highest BCUT2D eigenvalue weighted by atomic mass is 35.5. The predicted octanol–water partition coefficient (Wildman–Crippen LogP) is 2.68. The Labute approximate surface area is 156 Å². The predicted molar refractivity (Wildman–Crippen MR) is 96.2 cm³/mol. The van der Waals surface area contributed by atoms with E-state index < -0.39 is 10.0 Å². The number of nitrogens with two attached hydrogens (primary N) is 1. The SMILES string of the molecule is N#Cc1ccc(COc2cc(Cl)cc(Cl)c2)c(S(=O)(=O)NCCN)c1. The van der Waals surface area contributed by atoms with E-state index >= 15 is 0 Å². The summed E-state index contributed by atoms with van der Waals surface area (Å²) in [7, 11) is -3.82. The highest BCUT2D eigenvalue weighted by molar-refractivity contribution is 7.89. The first-order chi connectivity index (χ1) is 11.9. The zero-order chi connectivity index (χ0) is 18.4. The first-order valence-corrected chi connectivity index (χ1v) is 9.41. The van der Waals surface area contributed by atoms with Crippen LogP contribution in [-0.2, 0) is 16.6 Å². The Kier molecular flexibility index (Phi) is 6.64. The normalized spacial score (nSPS) is 11.1. The summed E-state index contributed by atoms with van der Waals surface area (Å²) in [4.78, 5) is -0.0341. The number of sulfonamides is 1. The fourth-order valence-electron chi connectivity index (χ4n) is 2.04. The molecule has 0 aliphatic carbocycles. The molecule has 6 nitrogen and oxygen atoms in total. The molecule has 0 saturated carbocycles. The van der Waals surface area contributed by atoms with Crippen molar-refractivity contribution in [2.24, 2.45) is 5.73 Å². The molecule has 0 fully saturated rings. The number of hydrogen-bond donors (Lipinski definition) is 2. The van der Waals surface area contributed by atoms with E-state index in [0.717, 1.165) is 0 Å². The quantitative estimate of drug-likeness (QED) is 0.744. The Bertz CT molecular complexity index is 891. The summed E-state index contributed by atoms with van der Waals surface area (Å²) in [6.45, 7) is 0.203. The Hall–Kier alpha value is -1.82. The van der Waals surface area contributed by atoms with Crippen LogP contribution in [0.2, 0.25) is 10.0 Å². The van der Waals surface area contributed by atoms with Crippen LogP contribution in [0.3, 0.4) is 0 Å². The maximum atomic E-state index is 12.4. The van der Waals surface area contributed by atoms with Crippen molar-refractivity contribution in [2.75, 3.05) is 13.1 Å². The molecule has 2 aromatic carbocycles. The molecule has 2 rings (SSSR count). The fourth-order valence-corrected chi connectivity index (χ4v) is 3.84. The van der Waals surface area contributed by atoms with Crippen molar-refractivity contribution in [1.82, 2.24) is 4.72 Å². The highest BCUT2D eigenvalue weighted by Crippen LogP contribution is 2.26. The van der Waals surface area contributed by atoms with Crippen LogP contribution in [0.1, 0.15) is 11.1 Å². The third-order valence-corrected chi connectivity index (χ3v) is 5.13. The highest BCUT2D eigenvalue weighted by Gasteiger charge is 2.19. The number of hydrogen-bond acceptors (Lipinski definition) is 5. The lowest BCUT2D eigenvalue weighted by molar-refractivity contribution is 0.303. The summed E-state index contributed by atoms with van der Waals surface area (Å²) in [6.07, 6.45) is 0. The molecule has 0 aliphatic rings. The first-order valence-electron chi connectivity index (χ1n) is 7.17. The Balaban J connectivity index is 2.32. The number of nitriles is 1. The minimum absolute atomic E-state index is 0.0341. The van der Waals surface area contributed by atoms with Gasteiger partial charge >= 0.3 is 0 Å². The van der Waals surface area contributed by atoms with E-state index in [-0.39, 0.29) is 30.2 Å². The second kappa shape index (κ2) is 8.52. The number of ether oxygens (including phenoxy) is 1. The number of nitrogens with one attached hydrogen (secondary N) is 1. The van der Waals surface area contributed by atoms with Crippen molar-refractivity contribution in [2.45, 2.75) is 11.5 Å². The Morgan fingerprint density at radius 3 is 2.44 bits per heavy atom. The van der Waals surface area contributed by atoms with E-state index in [1.807, 2.05) is 6.07 Å². The van der Waals surface area contributed by atoms with Crippen molar-refractivity contribution in [3.8, 4) is 11.8 Å². The molecule has 0 bridgehead atoms. The van der Waals surface area contributed by atoms with Crippen LogP contribution in [0.5, 0.6) is 5.75 Å². The number of halogens is 2. The van der Waals surface area contributed by atoms with E-state index in [9.17, 15) is 8.42 Å². The maximum absolute atomic E-state index is 12.4. The van der Waals surface area contributed by atoms with Crippen LogP contribution in [0, 0.1) is 11.3 Å². The molecule has 0 heterocycles. The van der Waals surface area contributed by atoms with Crippen molar-refractivity contribution in [3.63, 3.8) is 0 Å². The molecular weight excluding hydrogens is 385 g/mol. The number of nitrogens with zero attached hydrogens (tertiary/aromatic N) is 1. The van der Waals surface area contributed by atoms with Gasteiger partial charge in [-0.1, -0.05) is 29.3 Å². The van der Waals surface area contributed by atoms with E-state index in [2.05, 4.69) is 4.72 Å². The molecular formula is C16H15Cl2N3O3S. The van der Waals surface area contributed by atoms with Crippen LogP contribution in [-0.4, -0.2) is 21.5 Å². The van der Waals surface area contributed by atoms with E-state index in [1.54, 1.807) is 18.2 Å². The molecule has 0 spiro atoms. The Morgan fingerprint density at radius 1 is 1.16 bits per heavy atom. The van der Waals surface area contributed by atoms with Crippen LogP contribution in [0.25, 0.3) is 0 Å². The average molecular weight is 400 g/mol. The average Bonchev–Trinajstić information content (AvgIpc) is 2.57. The molecule has 9 heteroatoms. The van der Waals surface area contributed by atoms with E-state index in [1.165, 1.54) is 18.2 Å². The molecule has 2 aromatic rings. The van der Waals surface area contributed by atoms with Gasteiger partial charge in [0, 0.05) is 28.7 Å². The molecule has 0 radical (unpaired) electrons. The van der Waals surface area contributed by atoms with Gasteiger partial charge in [0.05, 0.1) is 16.5 Å². The summed E-state index contributed by atoms with van der Waals surface area (Å²) < 4.78 is 32.8. The number of rotatable bonds is 7. The summed E-state index contributed by atoms with van der Waals surface area (Å²) in [5.41, 5.74) is 5.96. The minimum atomic E-state index is -3.82. The van der Waals surface area contributed by atoms with Crippen molar-refractivity contribution in [1.29, 1.82) is 5.26 Å². The van der Waals surface area contributed by atoms with Gasteiger partial charge in [-0.3, -0.25) is 0 Å². The molecule has 0 aliphatic heterocycles. The van der Waals surface area contributed by atoms with Gasteiger partial charge in [0.15, 0.2) is 0 Å². The fraction of sp³-hybridized carbons (Fsp3) is 0.188. The molecule has 0 atom stereocenters. The zero-order valence-electron chi connectivity index (χ0n) is 13.0. The third-order valence-electron chi connectivity index (χ3n) is 3.15. The summed E-state index contributed by atoms with van der Waals surface area (Å²) in [5.74, 6) is 0.403. The molecule has 0 amide bonds. The smallest absolute Gasteiger partial charge is 0.241 e. The van der Waals surface area contributed by atoms with Crippen LogP contribution in [0.15, 0.2) is 41.3 Å². The van der Waals surface area contributed by atoms with Gasteiger partial charge in [-0.25, -0.2) is 13.1 Å². The lowest BCUT2D eigenvalue weighted by Crippen LogP contribution is -2.30. The molecule has 0 aromatic heterocycles. The van der Waals surface area contributed by atoms with Gasteiger partial charge in [-0.15, -0.1) is 0 Å². The third kappa shape index (κ3) is 5.33. The largest absolute Gasteiger partial charge is 0.489 e. The topological polar surface area (TPSA) is 105 Å². The first kappa shape index (κ1) is 19.5. The van der Waals surface area contributed by atoms with Gasteiger partial charge < -0.3 is 10.5 Å². The monoisotopic (exact) mass is 399 g/mol. The van der Waals surface area contributed by atoms with E-state index in [0.29, 0.717) is 21.4 Å². The molecule has 0 unspecified atom stereocenters. The van der Waals surface area contributed by atoms with Crippen molar-refractivity contribution in [3.05, 3.63) is 57.6 Å². The van der Waals surface area contributed by atoms with Gasteiger partial charge in [0.25, 0.3) is 0 Å². The zero-order valence-corrected chi connectivity index (χ0v) is 15.3. The van der Waals surface area contributed by atoms with Crippen LogP contribution in [0.4, 0.5) is 0 Å². The van der Waals surface area contributed by atoms with Crippen molar-refractivity contribution >= 4 is 33.2 Å². The van der Waals surface area contributed by atoms with E-state index in [4.69, 9.17) is 38.9 Å². The van der Waals surface area contributed by atoms with Gasteiger partial charge in [-0.2, -0.15) is 5.26 Å². The lowest BCUT2D eigenvalue weighted by Gasteiger charge is -2.13. The Morgan fingerprint density at radius 2 is 1.84 bits per heavy atom. The van der Waals surface area contributed by atoms with Crippen LogP contribution >= 0.6 is 23.2 Å². The van der Waals surface area contributed by atoms with Gasteiger partial charge in [0.2, 0.25) is 10.0 Å². The van der Waals surface area contributed by atoms with Gasteiger partial charge in [-0.05, 0) is 30.3 Å². The van der Waals surface area contributed by atoms with Crippen molar-refractivity contribution < 1.29 is 13.2 Å². The lowest BCUT2D eigenvalue weighted by atomic mass is 10.1. The minimum Gasteiger partial charge on any atom is -0.489 e. The molecule has 25 heavy (non-hydrogen) atoms. The second-order valence-corrected chi connectivity index (χ2v) is 7.62. The molecule has 0 saturated heterocycles. The maximum Gasteiger partial charge on any atom is 0.241 e. The summed E-state index contributed by atoms with van der Waals surface area (Å²) in [5, 5.41) is 9.82. The summed E-state index contributed by atoms with van der Waals surface area (Å²) >= 11 is 11.8. The van der Waals surface area contributed by atoms with Crippen LogP contribution < -0.4 is 15.2 Å². The van der Waals surface area contributed by atoms with Gasteiger partial charge in [0.1, 0.15) is 12.4 Å². The number of benzene rings is 2.